The Morgan fingerprint density at radius 1 is 1.18 bits per heavy atom. The number of benzene rings is 1. The van der Waals surface area contributed by atoms with E-state index in [4.69, 9.17) is 15.2 Å². The smallest absolute Gasteiger partial charge is 0.234 e. The fourth-order valence-electron chi connectivity index (χ4n) is 2.26. The average Bonchev–Trinajstić information content (AvgIpc) is 2.63. The quantitative estimate of drug-likeness (QED) is 0.612. The summed E-state index contributed by atoms with van der Waals surface area (Å²) in [4.78, 5) is 26.6. The lowest BCUT2D eigenvalue weighted by atomic mass is 10.2. The van der Waals surface area contributed by atoms with Gasteiger partial charge in [0.05, 0.1) is 30.4 Å². The Morgan fingerprint density at radius 2 is 1.93 bits per heavy atom. The number of hydrogen-bond donors (Lipinski definition) is 2. The minimum Gasteiger partial charge on any atom is -0.494 e. The number of rotatable bonds is 10. The van der Waals surface area contributed by atoms with Crippen molar-refractivity contribution in [1.82, 2.24) is 15.0 Å². The molecule has 0 bridgehead atoms. The van der Waals surface area contributed by atoms with Gasteiger partial charge in [-0.15, -0.1) is 11.8 Å². The number of thioether (sulfide) groups is 1. The SMILES string of the molecule is CCOc1ccc(OCC)c(NC(=O)CSCc2nc(N)nc(N(C)C)n2)c1. The third kappa shape index (κ3) is 6.45. The predicted molar refractivity (Wildman–Crippen MR) is 112 cm³/mol. The van der Waals surface area contributed by atoms with E-state index in [1.165, 1.54) is 11.8 Å². The summed E-state index contributed by atoms with van der Waals surface area (Å²) in [6.07, 6.45) is 0. The molecule has 0 unspecified atom stereocenters. The molecule has 0 saturated carbocycles. The number of nitrogens with one attached hydrogen (secondary N) is 1. The maximum absolute atomic E-state index is 12.4. The Kier molecular flexibility index (Phi) is 8.12. The summed E-state index contributed by atoms with van der Waals surface area (Å²) < 4.78 is 11.1. The lowest BCUT2D eigenvalue weighted by molar-refractivity contribution is -0.113. The molecule has 0 saturated heterocycles. The zero-order valence-corrected chi connectivity index (χ0v) is 17.4. The maximum Gasteiger partial charge on any atom is 0.234 e. The second kappa shape index (κ2) is 10.5. The normalized spacial score (nSPS) is 10.4. The van der Waals surface area contributed by atoms with E-state index in [2.05, 4.69) is 20.3 Å². The number of aromatic nitrogens is 3. The Balaban J connectivity index is 1.96. The molecule has 3 N–H and O–H groups in total. The zero-order valence-electron chi connectivity index (χ0n) is 16.6. The third-order valence-corrected chi connectivity index (χ3v) is 4.32. The summed E-state index contributed by atoms with van der Waals surface area (Å²) in [7, 11) is 3.65. The van der Waals surface area contributed by atoms with E-state index in [0.29, 0.717) is 47.9 Å². The minimum absolute atomic E-state index is 0.158. The molecule has 1 aromatic carbocycles. The summed E-state index contributed by atoms with van der Waals surface area (Å²) in [6, 6.07) is 5.35. The third-order valence-electron chi connectivity index (χ3n) is 3.39. The van der Waals surface area contributed by atoms with Crippen molar-refractivity contribution in [2.75, 3.05) is 49.0 Å². The van der Waals surface area contributed by atoms with E-state index in [-0.39, 0.29) is 17.6 Å². The van der Waals surface area contributed by atoms with Gasteiger partial charge in [0, 0.05) is 20.2 Å². The van der Waals surface area contributed by atoms with E-state index in [1.807, 2.05) is 34.0 Å². The summed E-state index contributed by atoms with van der Waals surface area (Å²) in [5.74, 6) is 2.97. The molecule has 1 amide bonds. The minimum atomic E-state index is -0.158. The molecular formula is C18H26N6O3S. The van der Waals surface area contributed by atoms with E-state index >= 15 is 0 Å². The molecule has 0 fully saturated rings. The van der Waals surface area contributed by atoms with E-state index in [9.17, 15) is 4.79 Å². The molecule has 2 aromatic rings. The average molecular weight is 407 g/mol. The van der Waals surface area contributed by atoms with Gasteiger partial charge in [-0.1, -0.05) is 0 Å². The first kappa shape index (κ1) is 21.5. The zero-order chi connectivity index (χ0) is 20.5. The Hall–Kier alpha value is -2.75. The molecule has 152 valence electrons. The van der Waals surface area contributed by atoms with Crippen molar-refractivity contribution in [1.29, 1.82) is 0 Å². The van der Waals surface area contributed by atoms with Crippen LogP contribution in [0.3, 0.4) is 0 Å². The standard InChI is InChI=1S/C18H26N6O3S/c1-5-26-12-7-8-14(27-6-2)13(9-12)20-16(25)11-28-10-15-21-17(19)23-18(22-15)24(3)4/h7-9H,5-6,10-11H2,1-4H3,(H,20,25)(H2,19,21,22,23). The van der Waals surface area contributed by atoms with Crippen molar-refractivity contribution < 1.29 is 14.3 Å². The molecule has 0 spiro atoms. The highest BCUT2D eigenvalue weighted by molar-refractivity contribution is 7.99. The molecule has 0 atom stereocenters. The summed E-state index contributed by atoms with van der Waals surface area (Å²) >= 11 is 1.39. The molecule has 10 heteroatoms. The van der Waals surface area contributed by atoms with Gasteiger partial charge in [0.1, 0.15) is 17.3 Å². The highest BCUT2D eigenvalue weighted by atomic mass is 32.2. The number of carbonyl (C=O) groups excluding carboxylic acids is 1. The van der Waals surface area contributed by atoms with Crippen LogP contribution < -0.4 is 25.4 Å². The van der Waals surface area contributed by atoms with Crippen molar-refractivity contribution in [3.8, 4) is 11.5 Å². The second-order valence-electron chi connectivity index (χ2n) is 5.87. The number of nitrogen functional groups attached to an aromatic ring is 1. The molecular weight excluding hydrogens is 380 g/mol. The Labute approximate surface area is 169 Å². The molecule has 0 aliphatic rings. The molecule has 0 aliphatic carbocycles. The largest absolute Gasteiger partial charge is 0.494 e. The van der Waals surface area contributed by atoms with Crippen molar-refractivity contribution in [3.05, 3.63) is 24.0 Å². The van der Waals surface area contributed by atoms with Crippen molar-refractivity contribution >= 4 is 35.3 Å². The first-order chi connectivity index (χ1) is 13.4. The van der Waals surface area contributed by atoms with Gasteiger partial charge in [-0.3, -0.25) is 4.79 Å². The van der Waals surface area contributed by atoms with Crippen molar-refractivity contribution in [3.63, 3.8) is 0 Å². The van der Waals surface area contributed by atoms with Crippen LogP contribution in [0.4, 0.5) is 17.6 Å². The van der Waals surface area contributed by atoms with Gasteiger partial charge >= 0.3 is 0 Å². The van der Waals surface area contributed by atoms with Gasteiger partial charge in [0.15, 0.2) is 0 Å². The molecule has 9 nitrogen and oxygen atoms in total. The molecule has 0 radical (unpaired) electrons. The number of nitrogens with zero attached hydrogens (tertiary/aromatic N) is 4. The molecule has 2 rings (SSSR count). The highest BCUT2D eigenvalue weighted by Gasteiger charge is 2.11. The molecule has 1 heterocycles. The van der Waals surface area contributed by atoms with Gasteiger partial charge in [-0.2, -0.15) is 15.0 Å². The van der Waals surface area contributed by atoms with Gasteiger partial charge in [0.2, 0.25) is 17.8 Å². The van der Waals surface area contributed by atoms with Crippen LogP contribution in [-0.4, -0.2) is 53.9 Å². The van der Waals surface area contributed by atoms with E-state index in [1.54, 1.807) is 17.0 Å². The first-order valence-corrected chi connectivity index (χ1v) is 10.0. The molecule has 28 heavy (non-hydrogen) atoms. The van der Waals surface area contributed by atoms with E-state index < -0.39 is 0 Å². The fraction of sp³-hybridized carbons (Fsp3) is 0.444. The van der Waals surface area contributed by atoms with Crippen molar-refractivity contribution in [2.45, 2.75) is 19.6 Å². The number of ether oxygens (including phenoxy) is 2. The van der Waals surface area contributed by atoms with Gasteiger partial charge < -0.3 is 25.4 Å². The predicted octanol–water partition coefficient (Wildman–Crippen LogP) is 2.19. The summed E-state index contributed by atoms with van der Waals surface area (Å²) in [5.41, 5.74) is 6.29. The second-order valence-corrected chi connectivity index (χ2v) is 6.85. The number of hydrogen-bond acceptors (Lipinski definition) is 9. The van der Waals surface area contributed by atoms with Gasteiger partial charge in [-0.05, 0) is 26.0 Å². The monoisotopic (exact) mass is 406 g/mol. The van der Waals surface area contributed by atoms with Gasteiger partial charge in [-0.25, -0.2) is 0 Å². The summed E-state index contributed by atoms with van der Waals surface area (Å²) in [6.45, 7) is 4.84. The van der Waals surface area contributed by atoms with Crippen LogP contribution >= 0.6 is 11.8 Å². The van der Waals surface area contributed by atoms with Crippen LogP contribution in [0.1, 0.15) is 19.7 Å². The van der Waals surface area contributed by atoms with E-state index in [0.717, 1.165) is 0 Å². The topological polar surface area (TPSA) is 115 Å². The Bertz CT molecular complexity index is 803. The van der Waals surface area contributed by atoms with Crippen LogP contribution in [0.15, 0.2) is 18.2 Å². The molecule has 0 aliphatic heterocycles. The van der Waals surface area contributed by atoms with Crippen molar-refractivity contribution in [2.24, 2.45) is 0 Å². The van der Waals surface area contributed by atoms with Crippen LogP contribution in [0.25, 0.3) is 0 Å². The number of anilines is 3. The van der Waals surface area contributed by atoms with Crippen LogP contribution in [0, 0.1) is 0 Å². The fourth-order valence-corrected chi connectivity index (χ4v) is 2.93. The van der Waals surface area contributed by atoms with Crippen LogP contribution in [0.5, 0.6) is 11.5 Å². The summed E-state index contributed by atoms with van der Waals surface area (Å²) in [5, 5.41) is 2.87. The number of nitrogens with two attached hydrogens (primary N) is 1. The van der Waals surface area contributed by atoms with Crippen LogP contribution in [-0.2, 0) is 10.5 Å². The first-order valence-electron chi connectivity index (χ1n) is 8.87. The number of amides is 1. The Morgan fingerprint density at radius 3 is 2.61 bits per heavy atom. The van der Waals surface area contributed by atoms with Gasteiger partial charge in [0.25, 0.3) is 0 Å². The lowest BCUT2D eigenvalue weighted by Crippen LogP contribution is -2.17. The molecule has 1 aromatic heterocycles. The highest BCUT2D eigenvalue weighted by Crippen LogP contribution is 2.29. The number of carbonyl (C=O) groups is 1. The lowest BCUT2D eigenvalue weighted by Gasteiger charge is -2.13. The maximum atomic E-state index is 12.4. The van der Waals surface area contributed by atoms with Crippen LogP contribution in [0.2, 0.25) is 0 Å².